The Bertz CT molecular complexity index is 734. The number of hydrogen-bond donors (Lipinski definition) is 2. The van der Waals surface area contributed by atoms with Gasteiger partial charge >= 0.3 is 0 Å². The van der Waals surface area contributed by atoms with Gasteiger partial charge in [-0.05, 0) is 31.8 Å². The second-order valence-corrected chi connectivity index (χ2v) is 5.89. The van der Waals surface area contributed by atoms with E-state index in [1.165, 1.54) is 6.20 Å². The van der Waals surface area contributed by atoms with Crippen LogP contribution in [0.2, 0.25) is 0 Å². The third-order valence-electron chi connectivity index (χ3n) is 3.64. The van der Waals surface area contributed by atoms with Crippen molar-refractivity contribution in [2.45, 2.75) is 6.54 Å². The number of ether oxygens (including phenoxy) is 2. The van der Waals surface area contributed by atoms with Crippen LogP contribution in [0.1, 0.15) is 16.1 Å². The van der Waals surface area contributed by atoms with Gasteiger partial charge in [0.05, 0.1) is 12.4 Å². The van der Waals surface area contributed by atoms with Gasteiger partial charge in [0.15, 0.2) is 11.5 Å². The van der Waals surface area contributed by atoms with Gasteiger partial charge in [0.2, 0.25) is 6.79 Å². The zero-order chi connectivity index (χ0) is 17.6. The van der Waals surface area contributed by atoms with E-state index in [9.17, 15) is 4.79 Å². The van der Waals surface area contributed by atoms with Gasteiger partial charge in [0.25, 0.3) is 5.91 Å². The Morgan fingerprint density at radius 2 is 2.04 bits per heavy atom. The summed E-state index contributed by atoms with van der Waals surface area (Å²) in [5.74, 6) is 1.88. The van der Waals surface area contributed by atoms with E-state index in [1.54, 1.807) is 6.20 Å². The molecule has 0 fully saturated rings. The van der Waals surface area contributed by atoms with Crippen molar-refractivity contribution in [2.24, 2.45) is 0 Å². The highest BCUT2D eigenvalue weighted by Crippen LogP contribution is 2.32. The molecule has 1 aliphatic rings. The SMILES string of the molecule is CN(C)CCNC(=O)c1cnc(NCc2ccc3c(c2)OCO3)cn1. The van der Waals surface area contributed by atoms with Crippen molar-refractivity contribution >= 4 is 11.7 Å². The number of aromatic nitrogens is 2. The molecule has 0 spiro atoms. The fourth-order valence-electron chi connectivity index (χ4n) is 2.26. The van der Waals surface area contributed by atoms with Crippen LogP contribution in [-0.2, 0) is 6.54 Å². The van der Waals surface area contributed by atoms with Crippen molar-refractivity contribution in [1.29, 1.82) is 0 Å². The minimum atomic E-state index is -0.225. The lowest BCUT2D eigenvalue weighted by molar-refractivity contribution is 0.0945. The monoisotopic (exact) mass is 343 g/mol. The van der Waals surface area contributed by atoms with Crippen molar-refractivity contribution in [3.8, 4) is 11.5 Å². The number of benzene rings is 1. The molecule has 0 atom stereocenters. The lowest BCUT2D eigenvalue weighted by Crippen LogP contribution is -2.31. The molecule has 1 aromatic heterocycles. The summed E-state index contributed by atoms with van der Waals surface area (Å²) in [7, 11) is 3.90. The smallest absolute Gasteiger partial charge is 0.271 e. The van der Waals surface area contributed by atoms with Gasteiger partial charge in [-0.3, -0.25) is 4.79 Å². The topological polar surface area (TPSA) is 88.6 Å². The fourth-order valence-corrected chi connectivity index (χ4v) is 2.26. The van der Waals surface area contributed by atoms with E-state index in [0.29, 0.717) is 24.6 Å². The lowest BCUT2D eigenvalue weighted by Gasteiger charge is -2.10. The van der Waals surface area contributed by atoms with Crippen molar-refractivity contribution in [3.63, 3.8) is 0 Å². The number of rotatable bonds is 7. The highest BCUT2D eigenvalue weighted by Gasteiger charge is 2.13. The van der Waals surface area contributed by atoms with Gasteiger partial charge < -0.3 is 25.0 Å². The summed E-state index contributed by atoms with van der Waals surface area (Å²) in [5.41, 5.74) is 1.34. The van der Waals surface area contributed by atoms with E-state index in [0.717, 1.165) is 23.6 Å². The molecule has 8 nitrogen and oxygen atoms in total. The summed E-state index contributed by atoms with van der Waals surface area (Å²) in [6, 6.07) is 5.77. The third-order valence-corrected chi connectivity index (χ3v) is 3.64. The van der Waals surface area contributed by atoms with Crippen molar-refractivity contribution < 1.29 is 14.3 Å². The molecule has 3 rings (SSSR count). The number of carbonyl (C=O) groups excluding carboxylic acids is 1. The Labute approximate surface area is 146 Å². The molecule has 2 heterocycles. The number of carbonyl (C=O) groups is 1. The molecule has 2 aromatic rings. The van der Waals surface area contributed by atoms with Crippen LogP contribution in [0.15, 0.2) is 30.6 Å². The zero-order valence-electron chi connectivity index (χ0n) is 14.3. The summed E-state index contributed by atoms with van der Waals surface area (Å²) < 4.78 is 10.6. The van der Waals surface area contributed by atoms with E-state index < -0.39 is 0 Å². The molecule has 0 saturated carbocycles. The highest BCUT2D eigenvalue weighted by molar-refractivity contribution is 5.91. The molecular formula is C17H21N5O3. The maximum Gasteiger partial charge on any atom is 0.271 e. The van der Waals surface area contributed by atoms with E-state index in [1.807, 2.05) is 37.2 Å². The van der Waals surface area contributed by atoms with Crippen LogP contribution in [0.5, 0.6) is 11.5 Å². The zero-order valence-corrected chi connectivity index (χ0v) is 14.3. The van der Waals surface area contributed by atoms with Crippen LogP contribution in [0.3, 0.4) is 0 Å². The van der Waals surface area contributed by atoms with Crippen molar-refractivity contribution in [2.75, 3.05) is 39.3 Å². The van der Waals surface area contributed by atoms with E-state index in [2.05, 4.69) is 20.6 Å². The van der Waals surface area contributed by atoms with E-state index in [4.69, 9.17) is 9.47 Å². The Balaban J connectivity index is 1.51. The Morgan fingerprint density at radius 3 is 2.80 bits per heavy atom. The largest absolute Gasteiger partial charge is 0.454 e. The molecule has 1 aromatic carbocycles. The van der Waals surface area contributed by atoms with Crippen LogP contribution in [0, 0.1) is 0 Å². The second-order valence-electron chi connectivity index (χ2n) is 5.89. The average molecular weight is 343 g/mol. The molecule has 8 heteroatoms. The molecule has 0 aliphatic carbocycles. The molecule has 1 aliphatic heterocycles. The highest BCUT2D eigenvalue weighted by atomic mass is 16.7. The predicted octanol–water partition coefficient (Wildman–Crippen LogP) is 1.11. The molecule has 0 saturated heterocycles. The third kappa shape index (κ3) is 4.57. The van der Waals surface area contributed by atoms with Crippen LogP contribution in [0.4, 0.5) is 5.82 Å². The molecule has 25 heavy (non-hydrogen) atoms. The number of hydrogen-bond acceptors (Lipinski definition) is 7. The summed E-state index contributed by atoms with van der Waals surface area (Å²) in [6.45, 7) is 2.17. The number of amides is 1. The van der Waals surface area contributed by atoms with Crippen LogP contribution in [0.25, 0.3) is 0 Å². The maximum absolute atomic E-state index is 11.9. The summed E-state index contributed by atoms with van der Waals surface area (Å²) in [4.78, 5) is 22.3. The van der Waals surface area contributed by atoms with Crippen molar-refractivity contribution in [3.05, 3.63) is 41.9 Å². The number of nitrogens with one attached hydrogen (secondary N) is 2. The first-order chi connectivity index (χ1) is 12.1. The average Bonchev–Trinajstić information content (AvgIpc) is 3.07. The summed E-state index contributed by atoms with van der Waals surface area (Å²) in [6.07, 6.45) is 3.01. The number of nitrogens with zero attached hydrogens (tertiary/aromatic N) is 3. The normalized spacial score (nSPS) is 12.3. The molecule has 0 bridgehead atoms. The minimum absolute atomic E-state index is 0.225. The molecule has 132 valence electrons. The first kappa shape index (κ1) is 17.0. The molecule has 0 radical (unpaired) electrons. The fraction of sp³-hybridized carbons (Fsp3) is 0.353. The predicted molar refractivity (Wildman–Crippen MR) is 92.8 cm³/mol. The standard InChI is InChI=1S/C17H21N5O3/c1-22(2)6-5-18-17(23)13-9-21-16(10-19-13)20-8-12-3-4-14-15(7-12)25-11-24-14/h3-4,7,9-10H,5-6,8,11H2,1-2H3,(H,18,23)(H,20,21). The first-order valence-electron chi connectivity index (χ1n) is 7.99. The lowest BCUT2D eigenvalue weighted by atomic mass is 10.2. The maximum atomic E-state index is 11.9. The van der Waals surface area contributed by atoms with Gasteiger partial charge in [-0.1, -0.05) is 6.07 Å². The van der Waals surface area contributed by atoms with Crippen LogP contribution >= 0.6 is 0 Å². The summed E-state index contributed by atoms with van der Waals surface area (Å²) in [5, 5.41) is 5.97. The number of anilines is 1. The molecule has 1 amide bonds. The van der Waals surface area contributed by atoms with Crippen LogP contribution < -0.4 is 20.1 Å². The summed E-state index contributed by atoms with van der Waals surface area (Å²) >= 11 is 0. The Hall–Kier alpha value is -2.87. The van der Waals surface area contributed by atoms with E-state index in [-0.39, 0.29) is 12.7 Å². The number of likely N-dealkylation sites (N-methyl/N-ethyl adjacent to an activating group) is 1. The molecule has 2 N–H and O–H groups in total. The van der Waals surface area contributed by atoms with Crippen LogP contribution in [-0.4, -0.2) is 54.8 Å². The molecular weight excluding hydrogens is 322 g/mol. The van der Waals surface area contributed by atoms with Gasteiger partial charge in [0, 0.05) is 19.6 Å². The Morgan fingerprint density at radius 1 is 1.20 bits per heavy atom. The second kappa shape index (κ2) is 7.80. The van der Waals surface area contributed by atoms with Crippen molar-refractivity contribution in [1.82, 2.24) is 20.2 Å². The van der Waals surface area contributed by atoms with Gasteiger partial charge in [-0.2, -0.15) is 0 Å². The van der Waals surface area contributed by atoms with Gasteiger partial charge in [0.1, 0.15) is 11.5 Å². The molecule has 0 unspecified atom stereocenters. The van der Waals surface area contributed by atoms with Gasteiger partial charge in [-0.15, -0.1) is 0 Å². The van der Waals surface area contributed by atoms with E-state index >= 15 is 0 Å². The van der Waals surface area contributed by atoms with Gasteiger partial charge in [-0.25, -0.2) is 9.97 Å². The first-order valence-corrected chi connectivity index (χ1v) is 7.99. The Kier molecular flexibility index (Phi) is 5.30. The number of fused-ring (bicyclic) bond motifs is 1. The minimum Gasteiger partial charge on any atom is -0.454 e. The quantitative estimate of drug-likeness (QED) is 0.778.